The second-order valence-electron chi connectivity index (χ2n) is 7.20. The van der Waals surface area contributed by atoms with Crippen LogP contribution in [0.4, 0.5) is 18.9 Å². The van der Waals surface area contributed by atoms with E-state index in [1.54, 1.807) is 6.92 Å². The number of anilines is 1. The van der Waals surface area contributed by atoms with E-state index in [0.717, 1.165) is 32.0 Å². The van der Waals surface area contributed by atoms with Gasteiger partial charge < -0.3 is 10.2 Å². The van der Waals surface area contributed by atoms with Crippen LogP contribution < -0.4 is 5.32 Å². The van der Waals surface area contributed by atoms with Crippen LogP contribution >= 0.6 is 0 Å². The van der Waals surface area contributed by atoms with Crippen molar-refractivity contribution in [2.45, 2.75) is 38.9 Å². The summed E-state index contributed by atoms with van der Waals surface area (Å²) < 4.78 is 39.0. The summed E-state index contributed by atoms with van der Waals surface area (Å²) in [6.45, 7) is 5.28. The van der Waals surface area contributed by atoms with Gasteiger partial charge >= 0.3 is 6.18 Å². The van der Waals surface area contributed by atoms with Crippen molar-refractivity contribution in [3.8, 4) is 0 Å². The Bertz CT molecular complexity index is 678. The number of carbonyl (C=O) groups excluding carboxylic acids is 2. The fraction of sp³-hybridized carbons (Fsp3) is 0.579. The number of carbonyl (C=O) groups is 2. The number of rotatable bonds is 5. The highest BCUT2D eigenvalue weighted by Gasteiger charge is 2.34. The first-order chi connectivity index (χ1) is 12.6. The smallest absolute Gasteiger partial charge is 0.335 e. The molecule has 27 heavy (non-hydrogen) atoms. The largest absolute Gasteiger partial charge is 0.418 e. The highest BCUT2D eigenvalue weighted by molar-refractivity contribution is 5.95. The molecule has 1 aliphatic heterocycles. The van der Waals surface area contributed by atoms with Crippen LogP contribution in [0.15, 0.2) is 24.3 Å². The van der Waals surface area contributed by atoms with Gasteiger partial charge in [-0.1, -0.05) is 19.1 Å². The first kappa shape index (κ1) is 21.2. The van der Waals surface area contributed by atoms with Gasteiger partial charge in [0.25, 0.3) is 0 Å². The van der Waals surface area contributed by atoms with Crippen molar-refractivity contribution >= 4 is 17.5 Å². The molecule has 1 aliphatic rings. The topological polar surface area (TPSA) is 52.7 Å². The van der Waals surface area contributed by atoms with Gasteiger partial charge in [0.05, 0.1) is 23.8 Å². The molecule has 1 saturated heterocycles. The summed E-state index contributed by atoms with van der Waals surface area (Å²) >= 11 is 0. The first-order valence-electron chi connectivity index (χ1n) is 9.04. The Morgan fingerprint density at radius 1 is 1.33 bits per heavy atom. The number of likely N-dealkylation sites (N-methyl/N-ethyl adjacent to an activating group) is 1. The molecule has 2 amide bonds. The summed E-state index contributed by atoms with van der Waals surface area (Å²) in [4.78, 5) is 28.1. The summed E-state index contributed by atoms with van der Waals surface area (Å²) in [7, 11) is 1.49. The molecule has 5 nitrogen and oxygen atoms in total. The monoisotopic (exact) mass is 385 g/mol. The third-order valence-electron chi connectivity index (χ3n) is 4.86. The molecule has 2 atom stereocenters. The average Bonchev–Trinajstić information content (AvgIpc) is 2.59. The van der Waals surface area contributed by atoms with E-state index in [2.05, 4.69) is 17.1 Å². The normalized spacial score (nSPS) is 19.4. The number of nitrogens with zero attached hydrogens (tertiary/aromatic N) is 2. The van der Waals surface area contributed by atoms with E-state index in [1.165, 1.54) is 30.1 Å². The van der Waals surface area contributed by atoms with Crippen molar-refractivity contribution in [3.63, 3.8) is 0 Å². The molecule has 1 heterocycles. The summed E-state index contributed by atoms with van der Waals surface area (Å²) in [6, 6.07) is 4.41. The predicted molar refractivity (Wildman–Crippen MR) is 97.1 cm³/mol. The molecule has 150 valence electrons. The zero-order chi connectivity index (χ0) is 20.2. The zero-order valence-corrected chi connectivity index (χ0v) is 15.8. The molecule has 1 aromatic carbocycles. The minimum atomic E-state index is -4.56. The van der Waals surface area contributed by atoms with Crippen molar-refractivity contribution in [2.75, 3.05) is 32.0 Å². The number of likely N-dealkylation sites (tertiary alicyclic amines) is 1. The highest BCUT2D eigenvalue weighted by Crippen LogP contribution is 2.34. The average molecular weight is 385 g/mol. The highest BCUT2D eigenvalue weighted by atomic mass is 19.4. The number of hydrogen-bond donors (Lipinski definition) is 1. The number of para-hydroxylation sites is 1. The zero-order valence-electron chi connectivity index (χ0n) is 15.8. The maximum Gasteiger partial charge on any atom is 0.418 e. The van der Waals surface area contributed by atoms with Gasteiger partial charge in [-0.05, 0) is 44.4 Å². The molecule has 2 rings (SSSR count). The molecule has 1 fully saturated rings. The predicted octanol–water partition coefficient (Wildman–Crippen LogP) is 3.22. The van der Waals surface area contributed by atoms with E-state index in [1.807, 2.05) is 0 Å². The third-order valence-corrected chi connectivity index (χ3v) is 4.86. The summed E-state index contributed by atoms with van der Waals surface area (Å²) in [5.41, 5.74) is -1.23. The molecular formula is C19H26F3N3O2. The number of amides is 2. The van der Waals surface area contributed by atoms with Gasteiger partial charge in [0.2, 0.25) is 11.8 Å². The number of nitrogens with one attached hydrogen (secondary N) is 1. The molecule has 0 saturated carbocycles. The Hall–Kier alpha value is -2.09. The molecule has 0 aliphatic carbocycles. The van der Waals surface area contributed by atoms with Gasteiger partial charge in [0.15, 0.2) is 0 Å². The summed E-state index contributed by atoms with van der Waals surface area (Å²) in [5, 5.41) is 2.26. The SMILES string of the molecule is C[C@H]1CCCN([C@H](C)C(=O)N(C)CC(=O)Nc2ccccc2C(F)(F)F)C1. The van der Waals surface area contributed by atoms with Crippen LogP contribution in [0.2, 0.25) is 0 Å². The quantitative estimate of drug-likeness (QED) is 0.847. The molecule has 1 N–H and O–H groups in total. The van der Waals surface area contributed by atoms with Crippen LogP contribution in [0.25, 0.3) is 0 Å². The van der Waals surface area contributed by atoms with Crippen molar-refractivity contribution in [1.82, 2.24) is 9.80 Å². The van der Waals surface area contributed by atoms with Crippen LogP contribution in [0.5, 0.6) is 0 Å². The number of benzene rings is 1. The second kappa shape index (κ2) is 8.73. The second-order valence-corrected chi connectivity index (χ2v) is 7.20. The lowest BCUT2D eigenvalue weighted by Crippen LogP contribution is -2.50. The van der Waals surface area contributed by atoms with Crippen molar-refractivity contribution < 1.29 is 22.8 Å². The number of alkyl halides is 3. The molecule has 0 aromatic heterocycles. The van der Waals surface area contributed by atoms with E-state index in [4.69, 9.17) is 0 Å². The number of piperidine rings is 1. The Labute approximate surface area is 157 Å². The summed E-state index contributed by atoms with van der Waals surface area (Å²) in [6.07, 6.45) is -2.41. The summed E-state index contributed by atoms with van der Waals surface area (Å²) in [5.74, 6) is -0.369. The van der Waals surface area contributed by atoms with Crippen molar-refractivity contribution in [1.29, 1.82) is 0 Å². The van der Waals surface area contributed by atoms with Gasteiger partial charge in [0, 0.05) is 13.6 Å². The van der Waals surface area contributed by atoms with Crippen LogP contribution in [-0.4, -0.2) is 54.3 Å². The Morgan fingerprint density at radius 2 is 2.00 bits per heavy atom. The van der Waals surface area contributed by atoms with Crippen molar-refractivity contribution in [2.24, 2.45) is 5.92 Å². The Kier molecular flexibility index (Phi) is 6.86. The molecule has 0 spiro atoms. The van der Waals surface area contributed by atoms with E-state index < -0.39 is 17.6 Å². The lowest BCUT2D eigenvalue weighted by Gasteiger charge is -2.36. The van der Waals surface area contributed by atoms with Crippen LogP contribution in [0.1, 0.15) is 32.3 Å². The number of halogens is 3. The van der Waals surface area contributed by atoms with Gasteiger partial charge in [-0.3, -0.25) is 14.5 Å². The number of hydrogen-bond acceptors (Lipinski definition) is 3. The van der Waals surface area contributed by atoms with E-state index >= 15 is 0 Å². The minimum Gasteiger partial charge on any atom is -0.335 e. The fourth-order valence-corrected chi connectivity index (χ4v) is 3.38. The first-order valence-corrected chi connectivity index (χ1v) is 9.04. The maximum atomic E-state index is 13.0. The molecule has 8 heteroatoms. The standard InChI is InChI=1S/C19H26F3N3O2/c1-13-7-6-10-25(11-13)14(2)18(27)24(3)12-17(26)23-16-9-5-4-8-15(16)19(20,21)22/h4-5,8-9,13-14H,6-7,10-12H2,1-3H3,(H,23,26)/t13-,14+/m0/s1. The Balaban J connectivity index is 1.96. The van der Waals surface area contributed by atoms with Gasteiger partial charge in [-0.25, -0.2) is 0 Å². The molecule has 1 aromatic rings. The molecule has 0 radical (unpaired) electrons. The van der Waals surface area contributed by atoms with Crippen LogP contribution in [0, 0.1) is 5.92 Å². The molecular weight excluding hydrogens is 359 g/mol. The van der Waals surface area contributed by atoms with E-state index in [9.17, 15) is 22.8 Å². The van der Waals surface area contributed by atoms with E-state index in [0.29, 0.717) is 5.92 Å². The molecule has 0 bridgehead atoms. The third kappa shape index (κ3) is 5.69. The van der Waals surface area contributed by atoms with Gasteiger partial charge in [-0.2, -0.15) is 13.2 Å². The van der Waals surface area contributed by atoms with Crippen LogP contribution in [0.3, 0.4) is 0 Å². The van der Waals surface area contributed by atoms with Crippen LogP contribution in [-0.2, 0) is 15.8 Å². The lowest BCUT2D eigenvalue weighted by atomic mass is 9.99. The maximum absolute atomic E-state index is 13.0. The minimum absolute atomic E-state index is 0.219. The fourth-order valence-electron chi connectivity index (χ4n) is 3.38. The lowest BCUT2D eigenvalue weighted by molar-refractivity contribution is -0.139. The van der Waals surface area contributed by atoms with E-state index in [-0.39, 0.29) is 24.2 Å². The van der Waals surface area contributed by atoms with Gasteiger partial charge in [0.1, 0.15) is 0 Å². The molecule has 0 unspecified atom stereocenters. The Morgan fingerprint density at radius 3 is 2.63 bits per heavy atom. The van der Waals surface area contributed by atoms with Gasteiger partial charge in [-0.15, -0.1) is 0 Å². The van der Waals surface area contributed by atoms with Crippen molar-refractivity contribution in [3.05, 3.63) is 29.8 Å².